The lowest BCUT2D eigenvalue weighted by molar-refractivity contribution is -0.384. The predicted molar refractivity (Wildman–Crippen MR) is 111 cm³/mol. The molecule has 7 heteroatoms. The first-order chi connectivity index (χ1) is 13.6. The average Bonchev–Trinajstić information content (AvgIpc) is 2.73. The smallest absolute Gasteiger partial charge is 0.271 e. The monoisotopic (exact) mass is 382 g/mol. The number of benzene rings is 2. The molecule has 148 valence electrons. The summed E-state index contributed by atoms with van der Waals surface area (Å²) in [6.07, 6.45) is 3.80. The van der Waals surface area contributed by atoms with Gasteiger partial charge in [-0.2, -0.15) is 5.10 Å². The van der Waals surface area contributed by atoms with Gasteiger partial charge < -0.3 is 4.74 Å². The minimum Gasteiger partial charge on any atom is -0.496 e. The predicted octanol–water partition coefficient (Wildman–Crippen LogP) is 4.43. The Morgan fingerprint density at radius 2 is 2.00 bits per heavy atom. The highest BCUT2D eigenvalue weighted by Gasteiger charge is 2.14. The third-order valence-corrected chi connectivity index (χ3v) is 4.95. The molecule has 0 amide bonds. The molecule has 7 nitrogen and oxygen atoms in total. The van der Waals surface area contributed by atoms with Gasteiger partial charge >= 0.3 is 0 Å². The molecule has 0 aliphatic carbocycles. The maximum atomic E-state index is 10.9. The lowest BCUT2D eigenvalue weighted by atomic mass is 10.0. The fourth-order valence-electron chi connectivity index (χ4n) is 3.39. The second kappa shape index (κ2) is 9.32. The van der Waals surface area contributed by atoms with Gasteiger partial charge in [-0.15, -0.1) is 0 Å². The summed E-state index contributed by atoms with van der Waals surface area (Å²) in [5.74, 6) is 0.883. The van der Waals surface area contributed by atoms with Gasteiger partial charge in [0.1, 0.15) is 5.75 Å². The Morgan fingerprint density at radius 3 is 2.71 bits per heavy atom. The molecule has 0 atom stereocenters. The number of nitro groups is 1. The van der Waals surface area contributed by atoms with Crippen molar-refractivity contribution in [2.75, 3.05) is 25.6 Å². The molecule has 3 rings (SSSR count). The zero-order chi connectivity index (χ0) is 19.9. The number of anilines is 1. The number of nitro benzene ring substituents is 1. The number of nitrogens with one attached hydrogen (secondary N) is 1. The van der Waals surface area contributed by atoms with Gasteiger partial charge in [-0.25, -0.2) is 0 Å². The van der Waals surface area contributed by atoms with Crippen LogP contribution in [0.2, 0.25) is 0 Å². The summed E-state index contributed by atoms with van der Waals surface area (Å²) < 4.78 is 5.54. The van der Waals surface area contributed by atoms with Crippen LogP contribution in [-0.2, 0) is 6.54 Å². The molecule has 0 spiro atoms. The molecule has 1 aliphatic heterocycles. The van der Waals surface area contributed by atoms with Gasteiger partial charge in [0.15, 0.2) is 0 Å². The van der Waals surface area contributed by atoms with Crippen LogP contribution < -0.4 is 10.2 Å². The number of non-ortho nitro benzene ring substituents is 1. The summed E-state index contributed by atoms with van der Waals surface area (Å²) in [6, 6.07) is 12.4. The first-order valence-electron chi connectivity index (χ1n) is 9.51. The molecule has 1 fully saturated rings. The Kier molecular flexibility index (Phi) is 6.60. The van der Waals surface area contributed by atoms with Crippen LogP contribution in [-0.4, -0.2) is 35.7 Å². The van der Waals surface area contributed by atoms with Crippen LogP contribution in [0.25, 0.3) is 0 Å². The molecule has 2 aromatic carbocycles. The van der Waals surface area contributed by atoms with Crippen molar-refractivity contribution in [1.82, 2.24) is 4.90 Å². The molecule has 2 aromatic rings. The number of hydrazone groups is 1. The standard InChI is InChI=1S/C21H26N4O3/c1-16(22-23-19-7-6-8-20(14-19)25(26)27)17-9-10-21(28-2)18(13-17)15-24-11-4-3-5-12-24/h6-10,13-14,23H,3-5,11-12,15H2,1-2H3/b22-16-. The van der Waals surface area contributed by atoms with Gasteiger partial charge in [-0.05, 0) is 62.7 Å². The number of hydrogen-bond acceptors (Lipinski definition) is 6. The third-order valence-electron chi connectivity index (χ3n) is 4.95. The second-order valence-corrected chi connectivity index (χ2v) is 6.98. The maximum absolute atomic E-state index is 10.9. The molecule has 0 unspecified atom stereocenters. The molecular formula is C21H26N4O3. The Hall–Kier alpha value is -2.93. The van der Waals surface area contributed by atoms with Crippen molar-refractivity contribution in [2.24, 2.45) is 5.10 Å². The number of nitrogens with zero attached hydrogens (tertiary/aromatic N) is 3. The molecule has 28 heavy (non-hydrogen) atoms. The Morgan fingerprint density at radius 1 is 1.21 bits per heavy atom. The first kappa shape index (κ1) is 19.8. The number of methoxy groups -OCH3 is 1. The van der Waals surface area contributed by atoms with Crippen molar-refractivity contribution < 1.29 is 9.66 Å². The molecule has 0 saturated carbocycles. The highest BCUT2D eigenvalue weighted by atomic mass is 16.6. The zero-order valence-corrected chi connectivity index (χ0v) is 16.4. The fourth-order valence-corrected chi connectivity index (χ4v) is 3.39. The molecule has 0 aromatic heterocycles. The van der Waals surface area contributed by atoms with Crippen molar-refractivity contribution in [3.05, 3.63) is 63.7 Å². The van der Waals surface area contributed by atoms with E-state index >= 15 is 0 Å². The van der Waals surface area contributed by atoms with E-state index in [2.05, 4.69) is 21.5 Å². The van der Waals surface area contributed by atoms with E-state index in [0.717, 1.165) is 42.2 Å². The van der Waals surface area contributed by atoms with E-state index < -0.39 is 4.92 Å². The second-order valence-electron chi connectivity index (χ2n) is 6.98. The Labute approximate surface area is 165 Å². The minimum absolute atomic E-state index is 0.0334. The van der Waals surface area contributed by atoms with Crippen LogP contribution in [0.15, 0.2) is 47.6 Å². The van der Waals surface area contributed by atoms with Crippen LogP contribution in [0.1, 0.15) is 37.3 Å². The van der Waals surface area contributed by atoms with E-state index in [1.165, 1.54) is 31.4 Å². The first-order valence-corrected chi connectivity index (χ1v) is 9.51. The van der Waals surface area contributed by atoms with E-state index in [-0.39, 0.29) is 5.69 Å². The Balaban J connectivity index is 1.76. The van der Waals surface area contributed by atoms with Crippen molar-refractivity contribution in [1.29, 1.82) is 0 Å². The normalized spacial score (nSPS) is 15.3. The molecule has 0 radical (unpaired) electrons. The number of hydrogen-bond donors (Lipinski definition) is 1. The van der Waals surface area contributed by atoms with Gasteiger partial charge in [0.05, 0.1) is 23.4 Å². The lowest BCUT2D eigenvalue weighted by Crippen LogP contribution is -2.29. The Bertz CT molecular complexity index is 860. The van der Waals surface area contributed by atoms with E-state index in [1.807, 2.05) is 19.1 Å². The van der Waals surface area contributed by atoms with E-state index in [4.69, 9.17) is 4.74 Å². The quantitative estimate of drug-likeness (QED) is 0.435. The summed E-state index contributed by atoms with van der Waals surface area (Å²) in [5, 5.41) is 15.3. The average molecular weight is 382 g/mol. The highest BCUT2D eigenvalue weighted by Crippen LogP contribution is 2.24. The molecule has 1 N–H and O–H groups in total. The van der Waals surface area contributed by atoms with Crippen LogP contribution in [0, 0.1) is 10.1 Å². The van der Waals surface area contributed by atoms with Gasteiger partial charge in [0, 0.05) is 24.2 Å². The summed E-state index contributed by atoms with van der Waals surface area (Å²) in [5.41, 5.74) is 6.46. The van der Waals surface area contributed by atoms with Gasteiger partial charge in [-0.1, -0.05) is 12.5 Å². The van der Waals surface area contributed by atoms with Gasteiger partial charge in [-0.3, -0.25) is 20.4 Å². The van der Waals surface area contributed by atoms with Gasteiger partial charge in [0.2, 0.25) is 0 Å². The molecule has 1 heterocycles. The van der Waals surface area contributed by atoms with Crippen molar-refractivity contribution in [3.8, 4) is 5.75 Å². The molecule has 1 aliphatic rings. The number of ether oxygens (including phenoxy) is 1. The summed E-state index contributed by atoms with van der Waals surface area (Å²) in [7, 11) is 1.69. The van der Waals surface area contributed by atoms with Crippen LogP contribution in [0.3, 0.4) is 0 Å². The van der Waals surface area contributed by atoms with E-state index in [1.54, 1.807) is 19.2 Å². The van der Waals surface area contributed by atoms with Crippen LogP contribution >= 0.6 is 0 Å². The fraction of sp³-hybridized carbons (Fsp3) is 0.381. The highest BCUT2D eigenvalue weighted by molar-refractivity contribution is 5.99. The lowest BCUT2D eigenvalue weighted by Gasteiger charge is -2.27. The summed E-state index contributed by atoms with van der Waals surface area (Å²) >= 11 is 0. The number of rotatable bonds is 7. The zero-order valence-electron chi connectivity index (χ0n) is 16.4. The number of likely N-dealkylation sites (tertiary alicyclic amines) is 1. The SMILES string of the molecule is COc1ccc(/C(C)=N\Nc2cccc([N+](=O)[O-])c2)cc1CN1CCCCC1. The number of piperidine rings is 1. The summed E-state index contributed by atoms with van der Waals surface area (Å²) in [4.78, 5) is 12.9. The van der Waals surface area contributed by atoms with Crippen LogP contribution in [0.5, 0.6) is 5.75 Å². The minimum atomic E-state index is -0.419. The van der Waals surface area contributed by atoms with Crippen molar-refractivity contribution in [3.63, 3.8) is 0 Å². The van der Waals surface area contributed by atoms with Gasteiger partial charge in [0.25, 0.3) is 5.69 Å². The van der Waals surface area contributed by atoms with E-state index in [9.17, 15) is 10.1 Å². The summed E-state index contributed by atoms with van der Waals surface area (Å²) in [6.45, 7) is 5.02. The molecule has 1 saturated heterocycles. The third kappa shape index (κ3) is 5.07. The molecular weight excluding hydrogens is 356 g/mol. The topological polar surface area (TPSA) is 80.0 Å². The van der Waals surface area contributed by atoms with Crippen LogP contribution in [0.4, 0.5) is 11.4 Å². The molecule has 0 bridgehead atoms. The largest absolute Gasteiger partial charge is 0.496 e. The van der Waals surface area contributed by atoms with E-state index in [0.29, 0.717) is 5.69 Å². The van der Waals surface area contributed by atoms with Crippen molar-refractivity contribution >= 4 is 17.1 Å². The maximum Gasteiger partial charge on any atom is 0.271 e. The van der Waals surface area contributed by atoms with Crippen molar-refractivity contribution in [2.45, 2.75) is 32.7 Å².